The molecule has 0 radical (unpaired) electrons. The fourth-order valence-corrected chi connectivity index (χ4v) is 1.90. The van der Waals surface area contributed by atoms with Crippen molar-refractivity contribution >= 4 is 15.7 Å². The molecule has 0 saturated heterocycles. The molecule has 6 nitrogen and oxygen atoms in total. The minimum Gasteiger partial charge on any atom is -0.291 e. The van der Waals surface area contributed by atoms with Crippen LogP contribution in [0.3, 0.4) is 0 Å². The highest BCUT2D eigenvalue weighted by Crippen LogP contribution is 2.09. The number of benzene rings is 1. The van der Waals surface area contributed by atoms with Crippen molar-refractivity contribution < 1.29 is 13.6 Å². The number of hydrogen-bond donors (Lipinski definition) is 3. The zero-order valence-electron chi connectivity index (χ0n) is 10.1. The van der Waals surface area contributed by atoms with Crippen molar-refractivity contribution in [2.75, 3.05) is 0 Å². The number of sulfonamides is 1. The Labute approximate surface area is 106 Å². The summed E-state index contributed by atoms with van der Waals surface area (Å²) in [6.07, 6.45) is 0. The van der Waals surface area contributed by atoms with Crippen LogP contribution < -0.4 is 10.3 Å². The number of hydrogen-bond acceptors (Lipinski definition) is 5. The molecule has 0 atom stereocenters. The van der Waals surface area contributed by atoms with E-state index in [-0.39, 0.29) is 16.3 Å². The van der Waals surface area contributed by atoms with Crippen LogP contribution in [0.5, 0.6) is 0 Å². The molecule has 18 heavy (non-hydrogen) atoms. The van der Waals surface area contributed by atoms with Gasteiger partial charge < -0.3 is 0 Å². The zero-order chi connectivity index (χ0) is 13.8. The highest BCUT2D eigenvalue weighted by atomic mass is 32.2. The van der Waals surface area contributed by atoms with Gasteiger partial charge in [-0.05, 0) is 26.0 Å². The first-order chi connectivity index (χ1) is 8.36. The third-order valence-electron chi connectivity index (χ3n) is 2.24. The van der Waals surface area contributed by atoms with Gasteiger partial charge in [-0.3, -0.25) is 10.7 Å². The van der Waals surface area contributed by atoms with Gasteiger partial charge in [0.2, 0.25) is 0 Å². The van der Waals surface area contributed by atoms with E-state index in [4.69, 9.17) is 5.21 Å². The van der Waals surface area contributed by atoms with Crippen molar-refractivity contribution in [1.29, 1.82) is 0 Å². The summed E-state index contributed by atoms with van der Waals surface area (Å²) in [4.78, 5) is 2.18. The molecule has 0 bridgehead atoms. The maximum atomic E-state index is 11.8. The lowest BCUT2D eigenvalue weighted by Gasteiger charge is -2.06. The Kier molecular flexibility index (Phi) is 4.46. The summed E-state index contributed by atoms with van der Waals surface area (Å²) >= 11 is 0. The molecule has 0 aliphatic rings. The molecule has 98 valence electrons. The summed E-state index contributed by atoms with van der Waals surface area (Å²) in [5.41, 5.74) is 3.09. The predicted octanol–water partition coefficient (Wildman–Crippen LogP) is 1.14. The molecule has 1 aromatic carbocycles. The highest BCUT2D eigenvalue weighted by Gasteiger charge is 2.12. The first-order valence-electron chi connectivity index (χ1n) is 5.09. The van der Waals surface area contributed by atoms with E-state index in [0.29, 0.717) is 0 Å². The van der Waals surface area contributed by atoms with Crippen LogP contribution in [0.15, 0.2) is 46.5 Å². The summed E-state index contributed by atoms with van der Waals surface area (Å²) in [5.74, 6) is 0. The molecule has 0 unspecified atom stereocenters. The van der Waals surface area contributed by atoms with Crippen LogP contribution in [0, 0.1) is 6.92 Å². The van der Waals surface area contributed by atoms with Crippen LogP contribution in [-0.2, 0) is 10.0 Å². The second-order valence-corrected chi connectivity index (χ2v) is 5.36. The molecule has 0 aliphatic carbocycles. The van der Waals surface area contributed by atoms with E-state index in [1.165, 1.54) is 19.1 Å². The Morgan fingerprint density at radius 1 is 1.33 bits per heavy atom. The fraction of sp³-hybridized carbons (Fsp3) is 0.182. The van der Waals surface area contributed by atoms with E-state index in [1.54, 1.807) is 17.6 Å². The number of rotatable bonds is 5. The van der Waals surface area contributed by atoms with Crippen LogP contribution in [0.4, 0.5) is 0 Å². The van der Waals surface area contributed by atoms with Crippen molar-refractivity contribution in [1.82, 2.24) is 10.3 Å². The summed E-state index contributed by atoms with van der Waals surface area (Å²) < 4.78 is 23.7. The Bertz CT molecular complexity index is 562. The Hall–Kier alpha value is -1.86. The normalized spacial score (nSPS) is 12.1. The monoisotopic (exact) mass is 269 g/mol. The van der Waals surface area contributed by atoms with Crippen molar-refractivity contribution in [3.63, 3.8) is 0 Å². The number of hydrazone groups is 1. The van der Waals surface area contributed by atoms with Crippen LogP contribution in [0.1, 0.15) is 12.5 Å². The average molecular weight is 269 g/mol. The third-order valence-corrected chi connectivity index (χ3v) is 3.46. The maximum Gasteiger partial charge on any atom is 0.276 e. The van der Waals surface area contributed by atoms with E-state index in [0.717, 1.165) is 5.56 Å². The molecule has 1 aromatic rings. The van der Waals surface area contributed by atoms with Gasteiger partial charge in [0.15, 0.2) is 0 Å². The number of allylic oxidation sites excluding steroid dienone is 1. The van der Waals surface area contributed by atoms with Crippen molar-refractivity contribution in [3.05, 3.63) is 42.1 Å². The van der Waals surface area contributed by atoms with Crippen LogP contribution >= 0.6 is 0 Å². The largest absolute Gasteiger partial charge is 0.291 e. The molecule has 0 spiro atoms. The van der Waals surface area contributed by atoms with E-state index >= 15 is 0 Å². The SMILES string of the molecule is C=C(NO)/C(C)=N/NS(=O)(=O)c1ccc(C)cc1. The number of hydroxylamine groups is 1. The zero-order valence-corrected chi connectivity index (χ0v) is 11.0. The first-order valence-corrected chi connectivity index (χ1v) is 6.57. The van der Waals surface area contributed by atoms with Gasteiger partial charge in [-0.15, -0.1) is 0 Å². The molecule has 7 heteroatoms. The summed E-state index contributed by atoms with van der Waals surface area (Å²) in [7, 11) is -3.70. The maximum absolute atomic E-state index is 11.8. The smallest absolute Gasteiger partial charge is 0.276 e. The van der Waals surface area contributed by atoms with Gasteiger partial charge in [-0.2, -0.15) is 18.4 Å². The molecule has 0 heterocycles. The highest BCUT2D eigenvalue weighted by molar-refractivity contribution is 7.89. The van der Waals surface area contributed by atoms with Gasteiger partial charge >= 0.3 is 0 Å². The molecule has 0 saturated carbocycles. The third kappa shape index (κ3) is 3.57. The van der Waals surface area contributed by atoms with Crippen molar-refractivity contribution in [2.45, 2.75) is 18.7 Å². The van der Waals surface area contributed by atoms with Gasteiger partial charge in [0.25, 0.3) is 10.0 Å². The fourth-order valence-electron chi connectivity index (χ4n) is 1.05. The standard InChI is InChI=1S/C11H15N3O3S/c1-8-4-6-11(7-5-8)18(16,17)14-12-9(2)10(3)13-15/h4-7,13-15H,3H2,1-2H3/b12-9+. The van der Waals surface area contributed by atoms with E-state index < -0.39 is 10.0 Å². The van der Waals surface area contributed by atoms with E-state index in [1.807, 2.05) is 6.92 Å². The molecular formula is C11H15N3O3S. The quantitative estimate of drug-likeness (QED) is 0.552. The lowest BCUT2D eigenvalue weighted by atomic mass is 10.2. The first kappa shape index (κ1) is 14.2. The van der Waals surface area contributed by atoms with Gasteiger partial charge in [0.1, 0.15) is 0 Å². The second kappa shape index (κ2) is 5.65. The minimum absolute atomic E-state index is 0.113. The van der Waals surface area contributed by atoms with Crippen LogP contribution in [-0.4, -0.2) is 19.3 Å². The van der Waals surface area contributed by atoms with Gasteiger partial charge in [-0.25, -0.2) is 0 Å². The van der Waals surface area contributed by atoms with Gasteiger partial charge in [0.05, 0.1) is 16.3 Å². The summed E-state index contributed by atoms with van der Waals surface area (Å²) in [5, 5.41) is 12.2. The minimum atomic E-state index is -3.70. The van der Waals surface area contributed by atoms with Gasteiger partial charge in [0, 0.05) is 0 Å². The molecular weight excluding hydrogens is 254 g/mol. The van der Waals surface area contributed by atoms with Crippen LogP contribution in [0.2, 0.25) is 0 Å². The number of aryl methyl sites for hydroxylation is 1. The lowest BCUT2D eigenvalue weighted by molar-refractivity contribution is 0.208. The number of nitrogens with one attached hydrogen (secondary N) is 2. The Balaban J connectivity index is 2.90. The molecule has 0 aromatic heterocycles. The lowest BCUT2D eigenvalue weighted by Crippen LogP contribution is -2.22. The predicted molar refractivity (Wildman–Crippen MR) is 68.7 cm³/mol. The molecule has 0 aliphatic heterocycles. The molecule has 3 N–H and O–H groups in total. The Morgan fingerprint density at radius 3 is 2.39 bits per heavy atom. The summed E-state index contributed by atoms with van der Waals surface area (Å²) in [6.45, 7) is 6.80. The molecule has 0 fully saturated rings. The topological polar surface area (TPSA) is 90.8 Å². The molecule has 0 amide bonds. The number of nitrogens with zero attached hydrogens (tertiary/aromatic N) is 1. The molecule has 1 rings (SSSR count). The van der Waals surface area contributed by atoms with Crippen LogP contribution in [0.25, 0.3) is 0 Å². The Morgan fingerprint density at radius 2 is 1.89 bits per heavy atom. The summed E-state index contributed by atoms with van der Waals surface area (Å²) in [6, 6.07) is 6.36. The van der Waals surface area contributed by atoms with Crippen molar-refractivity contribution in [3.8, 4) is 0 Å². The van der Waals surface area contributed by atoms with E-state index in [9.17, 15) is 8.42 Å². The second-order valence-electron chi connectivity index (χ2n) is 3.70. The van der Waals surface area contributed by atoms with Gasteiger partial charge in [-0.1, -0.05) is 24.3 Å². The van der Waals surface area contributed by atoms with Crippen molar-refractivity contribution in [2.24, 2.45) is 5.10 Å². The average Bonchev–Trinajstić information content (AvgIpc) is 2.35. The van der Waals surface area contributed by atoms with E-state index in [2.05, 4.69) is 16.5 Å².